The first-order valence-corrected chi connectivity index (χ1v) is 8.14. The van der Waals surface area contributed by atoms with E-state index in [0.29, 0.717) is 12.0 Å². The number of aliphatic hydroxyl groups is 1. The van der Waals surface area contributed by atoms with E-state index in [1.165, 1.54) is 18.4 Å². The van der Waals surface area contributed by atoms with Gasteiger partial charge in [-0.05, 0) is 49.3 Å². The van der Waals surface area contributed by atoms with Gasteiger partial charge in [0.05, 0.1) is 7.11 Å². The summed E-state index contributed by atoms with van der Waals surface area (Å²) in [6.07, 6.45) is 4.42. The van der Waals surface area contributed by atoms with Crippen LogP contribution in [0.4, 0.5) is 0 Å². The SMILES string of the molecule is CCC(CC)(CO)CNC1CC(c2cccc(OC)c2)C1. The van der Waals surface area contributed by atoms with Gasteiger partial charge in [0, 0.05) is 24.6 Å². The van der Waals surface area contributed by atoms with Gasteiger partial charge in [0.2, 0.25) is 0 Å². The Bertz CT molecular complexity index is 428. The summed E-state index contributed by atoms with van der Waals surface area (Å²) in [5.41, 5.74) is 1.44. The van der Waals surface area contributed by atoms with E-state index < -0.39 is 0 Å². The van der Waals surface area contributed by atoms with Crippen LogP contribution in [0.15, 0.2) is 24.3 Å². The Hall–Kier alpha value is -1.06. The maximum Gasteiger partial charge on any atom is 0.119 e. The van der Waals surface area contributed by atoms with Gasteiger partial charge in [0.15, 0.2) is 0 Å². The molecule has 2 rings (SSSR count). The summed E-state index contributed by atoms with van der Waals surface area (Å²) in [5, 5.41) is 13.3. The zero-order chi connectivity index (χ0) is 15.3. The molecule has 3 nitrogen and oxygen atoms in total. The Morgan fingerprint density at radius 1 is 1.29 bits per heavy atom. The smallest absolute Gasteiger partial charge is 0.119 e. The molecule has 0 atom stereocenters. The van der Waals surface area contributed by atoms with E-state index in [9.17, 15) is 5.11 Å². The summed E-state index contributed by atoms with van der Waals surface area (Å²) >= 11 is 0. The molecule has 2 N–H and O–H groups in total. The summed E-state index contributed by atoms with van der Waals surface area (Å²) in [6.45, 7) is 5.54. The molecular formula is C18H29NO2. The summed E-state index contributed by atoms with van der Waals surface area (Å²) < 4.78 is 5.29. The largest absolute Gasteiger partial charge is 0.497 e. The van der Waals surface area contributed by atoms with Crippen LogP contribution in [0.1, 0.15) is 51.0 Å². The van der Waals surface area contributed by atoms with Gasteiger partial charge in [-0.25, -0.2) is 0 Å². The lowest BCUT2D eigenvalue weighted by Crippen LogP contribution is -2.46. The maximum absolute atomic E-state index is 9.61. The minimum Gasteiger partial charge on any atom is -0.497 e. The first-order chi connectivity index (χ1) is 10.2. The lowest BCUT2D eigenvalue weighted by atomic mass is 9.75. The number of hydrogen-bond donors (Lipinski definition) is 2. The lowest BCUT2D eigenvalue weighted by Gasteiger charge is -2.39. The standard InChI is InChI=1S/C18H29NO2/c1-4-18(5-2,13-20)12-19-16-9-15(10-16)14-7-6-8-17(11-14)21-3/h6-8,11,15-16,19-20H,4-5,9-10,12-13H2,1-3H3. The van der Waals surface area contributed by atoms with E-state index >= 15 is 0 Å². The Kier molecular flexibility index (Phi) is 5.65. The van der Waals surface area contributed by atoms with Crippen LogP contribution in [-0.2, 0) is 0 Å². The Morgan fingerprint density at radius 2 is 2.00 bits per heavy atom. The van der Waals surface area contributed by atoms with Crippen LogP contribution < -0.4 is 10.1 Å². The van der Waals surface area contributed by atoms with Crippen LogP contribution >= 0.6 is 0 Å². The van der Waals surface area contributed by atoms with Gasteiger partial charge in [-0.2, -0.15) is 0 Å². The molecule has 0 aromatic heterocycles. The van der Waals surface area contributed by atoms with Crippen molar-refractivity contribution in [1.82, 2.24) is 5.32 Å². The second-order valence-corrected chi connectivity index (χ2v) is 6.39. The summed E-state index contributed by atoms with van der Waals surface area (Å²) in [6, 6.07) is 9.00. The van der Waals surface area contributed by atoms with Crippen molar-refractivity contribution in [2.75, 3.05) is 20.3 Å². The third-order valence-corrected chi connectivity index (χ3v) is 5.30. The number of rotatable bonds is 8. The topological polar surface area (TPSA) is 41.5 Å². The average Bonchev–Trinajstić information content (AvgIpc) is 2.50. The number of aliphatic hydroxyl groups excluding tert-OH is 1. The maximum atomic E-state index is 9.61. The second kappa shape index (κ2) is 7.28. The van der Waals surface area contributed by atoms with E-state index in [1.807, 2.05) is 6.07 Å². The number of methoxy groups -OCH3 is 1. The van der Waals surface area contributed by atoms with Crippen molar-refractivity contribution in [2.24, 2.45) is 5.41 Å². The van der Waals surface area contributed by atoms with Crippen LogP contribution in [0.5, 0.6) is 5.75 Å². The zero-order valence-corrected chi connectivity index (χ0v) is 13.6. The molecule has 0 bridgehead atoms. The van der Waals surface area contributed by atoms with Crippen LogP contribution in [0, 0.1) is 5.41 Å². The number of benzene rings is 1. The minimum atomic E-state index is 0.0566. The molecular weight excluding hydrogens is 262 g/mol. The molecule has 0 spiro atoms. The monoisotopic (exact) mass is 291 g/mol. The molecule has 0 radical (unpaired) electrons. The highest BCUT2D eigenvalue weighted by atomic mass is 16.5. The number of nitrogens with one attached hydrogen (secondary N) is 1. The number of ether oxygens (including phenoxy) is 1. The molecule has 0 aliphatic heterocycles. The molecule has 0 amide bonds. The first kappa shape index (κ1) is 16.3. The van der Waals surface area contributed by atoms with Crippen molar-refractivity contribution in [2.45, 2.75) is 51.5 Å². The molecule has 118 valence electrons. The fraction of sp³-hybridized carbons (Fsp3) is 0.667. The van der Waals surface area contributed by atoms with E-state index in [4.69, 9.17) is 4.74 Å². The van der Waals surface area contributed by atoms with E-state index in [2.05, 4.69) is 37.4 Å². The molecule has 0 heterocycles. The average molecular weight is 291 g/mol. The normalized spacial score (nSPS) is 21.9. The molecule has 1 aliphatic carbocycles. The molecule has 0 unspecified atom stereocenters. The van der Waals surface area contributed by atoms with Gasteiger partial charge < -0.3 is 15.2 Å². The van der Waals surface area contributed by atoms with Crippen molar-refractivity contribution in [3.63, 3.8) is 0 Å². The highest BCUT2D eigenvalue weighted by Gasteiger charge is 2.33. The van der Waals surface area contributed by atoms with Gasteiger partial charge in [-0.3, -0.25) is 0 Å². The molecule has 21 heavy (non-hydrogen) atoms. The molecule has 0 saturated heterocycles. The molecule has 1 saturated carbocycles. The van der Waals surface area contributed by atoms with Gasteiger partial charge in [-0.15, -0.1) is 0 Å². The molecule has 3 heteroatoms. The van der Waals surface area contributed by atoms with Crippen molar-refractivity contribution >= 4 is 0 Å². The van der Waals surface area contributed by atoms with Crippen LogP contribution in [0.25, 0.3) is 0 Å². The van der Waals surface area contributed by atoms with Crippen molar-refractivity contribution in [3.8, 4) is 5.75 Å². The highest BCUT2D eigenvalue weighted by Crippen LogP contribution is 2.38. The molecule has 1 aromatic carbocycles. The molecule has 1 aromatic rings. The van der Waals surface area contributed by atoms with E-state index in [1.54, 1.807) is 7.11 Å². The molecule has 1 aliphatic rings. The van der Waals surface area contributed by atoms with Gasteiger partial charge >= 0.3 is 0 Å². The predicted octanol–water partition coefficient (Wildman–Crippen LogP) is 3.33. The fourth-order valence-electron chi connectivity index (χ4n) is 3.09. The quantitative estimate of drug-likeness (QED) is 0.772. The first-order valence-electron chi connectivity index (χ1n) is 8.14. The Labute approximate surface area is 128 Å². The van der Waals surface area contributed by atoms with Gasteiger partial charge in [0.25, 0.3) is 0 Å². The van der Waals surface area contributed by atoms with Crippen LogP contribution in [-0.4, -0.2) is 31.4 Å². The summed E-state index contributed by atoms with van der Waals surface area (Å²) in [7, 11) is 1.72. The van der Waals surface area contributed by atoms with Gasteiger partial charge in [0.1, 0.15) is 5.75 Å². The third-order valence-electron chi connectivity index (χ3n) is 5.30. The number of hydrogen-bond acceptors (Lipinski definition) is 3. The Morgan fingerprint density at radius 3 is 2.57 bits per heavy atom. The van der Waals surface area contributed by atoms with Crippen LogP contribution in [0.2, 0.25) is 0 Å². The minimum absolute atomic E-state index is 0.0566. The fourth-order valence-corrected chi connectivity index (χ4v) is 3.09. The zero-order valence-electron chi connectivity index (χ0n) is 13.6. The van der Waals surface area contributed by atoms with E-state index in [0.717, 1.165) is 25.1 Å². The predicted molar refractivity (Wildman–Crippen MR) is 86.9 cm³/mol. The summed E-state index contributed by atoms with van der Waals surface area (Å²) in [4.78, 5) is 0. The summed E-state index contributed by atoms with van der Waals surface area (Å²) in [5.74, 6) is 1.59. The van der Waals surface area contributed by atoms with Crippen molar-refractivity contribution < 1.29 is 9.84 Å². The third kappa shape index (κ3) is 3.78. The Balaban J connectivity index is 1.81. The molecule has 1 fully saturated rings. The van der Waals surface area contributed by atoms with Crippen LogP contribution in [0.3, 0.4) is 0 Å². The van der Waals surface area contributed by atoms with Crippen molar-refractivity contribution in [3.05, 3.63) is 29.8 Å². The second-order valence-electron chi connectivity index (χ2n) is 6.39. The lowest BCUT2D eigenvalue weighted by molar-refractivity contribution is 0.103. The van der Waals surface area contributed by atoms with E-state index in [-0.39, 0.29) is 12.0 Å². The highest BCUT2D eigenvalue weighted by molar-refractivity contribution is 5.32. The van der Waals surface area contributed by atoms with Crippen molar-refractivity contribution in [1.29, 1.82) is 0 Å². The van der Waals surface area contributed by atoms with Gasteiger partial charge in [-0.1, -0.05) is 26.0 Å².